The molecule has 25 heavy (non-hydrogen) atoms. The van der Waals surface area contributed by atoms with E-state index in [4.69, 9.17) is 4.52 Å². The molecule has 2 atom stereocenters. The number of aromatic amines is 2. The molecule has 0 aromatic carbocycles. The Balaban J connectivity index is 1.49. The number of rotatable bonds is 3. The van der Waals surface area contributed by atoms with Gasteiger partial charge in [-0.2, -0.15) is 10.3 Å². The summed E-state index contributed by atoms with van der Waals surface area (Å²) in [6.07, 6.45) is 5.31. The number of likely N-dealkylation sites (tertiary alicyclic amines) is 1. The number of aromatic nitrogens is 3. The van der Waals surface area contributed by atoms with E-state index in [0.29, 0.717) is 25.3 Å². The Hall–Kier alpha value is -2.84. The number of H-pyrrole nitrogens is 2. The van der Waals surface area contributed by atoms with Crippen molar-refractivity contribution in [3.05, 3.63) is 39.6 Å². The standard InChI is InChI=1S/C16H19N5O4/c1-9-14(15(23)19-25-9)16(24)21-11-2-3-12(21)8-20(7-11)13(22)4-10-5-17-18-6-10/h5-6,11-12H,2-4,7-8H2,1H3,(H,17,18)(H,19,23). The molecule has 0 saturated carbocycles. The minimum Gasteiger partial charge on any atom is -0.383 e. The van der Waals surface area contributed by atoms with Crippen molar-refractivity contribution in [2.75, 3.05) is 13.1 Å². The van der Waals surface area contributed by atoms with Crippen molar-refractivity contribution < 1.29 is 14.1 Å². The smallest absolute Gasteiger partial charge is 0.293 e. The summed E-state index contributed by atoms with van der Waals surface area (Å²) in [4.78, 5) is 40.7. The largest absolute Gasteiger partial charge is 0.383 e. The molecule has 2 amide bonds. The van der Waals surface area contributed by atoms with Crippen molar-refractivity contribution in [2.24, 2.45) is 0 Å². The fourth-order valence-corrected chi connectivity index (χ4v) is 3.86. The van der Waals surface area contributed by atoms with Crippen LogP contribution in [0.5, 0.6) is 0 Å². The van der Waals surface area contributed by atoms with Gasteiger partial charge in [-0.3, -0.25) is 19.5 Å². The van der Waals surface area contributed by atoms with Crippen LogP contribution in [-0.4, -0.2) is 62.1 Å². The summed E-state index contributed by atoms with van der Waals surface area (Å²) in [5.41, 5.74) is 0.409. The van der Waals surface area contributed by atoms with Crippen LogP contribution < -0.4 is 5.56 Å². The molecule has 2 N–H and O–H groups in total. The van der Waals surface area contributed by atoms with Gasteiger partial charge in [0.1, 0.15) is 11.3 Å². The Bertz CT molecular complexity index is 838. The monoisotopic (exact) mass is 345 g/mol. The van der Waals surface area contributed by atoms with Crippen LogP contribution in [0.3, 0.4) is 0 Å². The second kappa shape index (κ2) is 5.91. The summed E-state index contributed by atoms with van der Waals surface area (Å²) >= 11 is 0. The normalized spacial score (nSPS) is 22.4. The minimum absolute atomic E-state index is 0.0303. The molecule has 9 nitrogen and oxygen atoms in total. The van der Waals surface area contributed by atoms with Crippen LogP contribution in [0.25, 0.3) is 0 Å². The molecule has 2 bridgehead atoms. The first-order valence-corrected chi connectivity index (χ1v) is 8.30. The molecule has 132 valence electrons. The number of carbonyl (C=O) groups is 2. The maximum absolute atomic E-state index is 12.8. The molecule has 2 unspecified atom stereocenters. The van der Waals surface area contributed by atoms with Gasteiger partial charge >= 0.3 is 0 Å². The second-order valence-electron chi connectivity index (χ2n) is 6.64. The molecule has 4 rings (SSSR count). The third kappa shape index (κ3) is 2.65. The van der Waals surface area contributed by atoms with Gasteiger partial charge in [-0.1, -0.05) is 0 Å². The zero-order valence-corrected chi connectivity index (χ0v) is 13.8. The van der Waals surface area contributed by atoms with Gasteiger partial charge in [-0.25, -0.2) is 0 Å². The number of amides is 2. The van der Waals surface area contributed by atoms with E-state index in [9.17, 15) is 14.4 Å². The number of fused-ring (bicyclic) bond motifs is 2. The molecule has 2 aliphatic heterocycles. The van der Waals surface area contributed by atoms with Crippen LogP contribution in [0.2, 0.25) is 0 Å². The summed E-state index contributed by atoms with van der Waals surface area (Å²) in [6.45, 7) is 2.58. The zero-order chi connectivity index (χ0) is 17.6. The van der Waals surface area contributed by atoms with Gasteiger partial charge in [0.05, 0.1) is 24.7 Å². The SMILES string of the molecule is Cc1o[nH]c(=O)c1C(=O)N1C2CCC1CN(C(=O)Cc1cn[nH]c1)C2. The molecule has 2 fully saturated rings. The number of nitrogens with one attached hydrogen (secondary N) is 2. The van der Waals surface area contributed by atoms with Gasteiger partial charge in [0.25, 0.3) is 11.5 Å². The van der Waals surface area contributed by atoms with Crippen LogP contribution in [0.15, 0.2) is 21.7 Å². The van der Waals surface area contributed by atoms with Gasteiger partial charge < -0.3 is 14.3 Å². The topological polar surface area (TPSA) is 115 Å². The molecule has 4 heterocycles. The first-order chi connectivity index (χ1) is 12.0. The lowest BCUT2D eigenvalue weighted by Gasteiger charge is -2.41. The predicted molar refractivity (Wildman–Crippen MR) is 85.9 cm³/mol. The van der Waals surface area contributed by atoms with Gasteiger partial charge in [0.2, 0.25) is 5.91 Å². The lowest BCUT2D eigenvalue weighted by atomic mass is 10.1. The first kappa shape index (κ1) is 15.7. The molecule has 2 saturated heterocycles. The zero-order valence-electron chi connectivity index (χ0n) is 13.8. The third-order valence-corrected chi connectivity index (χ3v) is 5.07. The Kier molecular flexibility index (Phi) is 3.70. The number of hydrogen-bond acceptors (Lipinski definition) is 5. The summed E-state index contributed by atoms with van der Waals surface area (Å²) in [5, 5.41) is 8.76. The lowest BCUT2D eigenvalue weighted by molar-refractivity contribution is -0.133. The van der Waals surface area contributed by atoms with Crippen LogP contribution in [0.4, 0.5) is 0 Å². The summed E-state index contributed by atoms with van der Waals surface area (Å²) in [6, 6.07) is -0.124. The molecule has 0 radical (unpaired) electrons. The Morgan fingerprint density at radius 2 is 2.04 bits per heavy atom. The van der Waals surface area contributed by atoms with Crippen LogP contribution >= 0.6 is 0 Å². The molecule has 2 aliphatic rings. The molecular weight excluding hydrogens is 326 g/mol. The van der Waals surface area contributed by atoms with E-state index in [1.807, 2.05) is 4.90 Å². The summed E-state index contributed by atoms with van der Waals surface area (Å²) < 4.78 is 4.96. The van der Waals surface area contributed by atoms with Crippen molar-refractivity contribution in [3.63, 3.8) is 0 Å². The number of aryl methyl sites for hydroxylation is 1. The highest BCUT2D eigenvalue weighted by atomic mass is 16.5. The van der Waals surface area contributed by atoms with Crippen LogP contribution in [0.1, 0.15) is 34.5 Å². The van der Waals surface area contributed by atoms with Gasteiger partial charge in [0, 0.05) is 19.3 Å². The van der Waals surface area contributed by atoms with E-state index in [-0.39, 0.29) is 29.5 Å². The van der Waals surface area contributed by atoms with E-state index < -0.39 is 5.56 Å². The minimum atomic E-state index is -0.500. The molecular formula is C16H19N5O4. The third-order valence-electron chi connectivity index (χ3n) is 5.07. The quantitative estimate of drug-likeness (QED) is 0.816. The summed E-state index contributed by atoms with van der Waals surface area (Å²) in [5.74, 6) is 0.0255. The molecule has 2 aromatic heterocycles. The highest BCUT2D eigenvalue weighted by Crippen LogP contribution is 2.31. The average Bonchev–Trinajstić information content (AvgIpc) is 3.27. The lowest BCUT2D eigenvalue weighted by Crippen LogP contribution is -2.57. The average molecular weight is 345 g/mol. The van der Waals surface area contributed by atoms with Crippen molar-refractivity contribution in [3.8, 4) is 0 Å². The second-order valence-corrected chi connectivity index (χ2v) is 6.64. The van der Waals surface area contributed by atoms with E-state index in [0.717, 1.165) is 18.4 Å². The molecule has 0 spiro atoms. The van der Waals surface area contributed by atoms with E-state index in [2.05, 4.69) is 15.4 Å². The van der Waals surface area contributed by atoms with Crippen LogP contribution in [-0.2, 0) is 11.2 Å². The van der Waals surface area contributed by atoms with Crippen LogP contribution in [0, 0.1) is 6.92 Å². The Morgan fingerprint density at radius 3 is 2.60 bits per heavy atom. The Labute approximate surface area is 142 Å². The van der Waals surface area contributed by atoms with E-state index in [1.165, 1.54) is 0 Å². The number of carbonyl (C=O) groups excluding carboxylic acids is 2. The van der Waals surface area contributed by atoms with Gasteiger partial charge in [-0.05, 0) is 25.3 Å². The highest BCUT2D eigenvalue weighted by molar-refractivity contribution is 5.95. The maximum Gasteiger partial charge on any atom is 0.293 e. The highest BCUT2D eigenvalue weighted by Gasteiger charge is 2.45. The molecule has 9 heteroatoms. The van der Waals surface area contributed by atoms with Crippen molar-refractivity contribution >= 4 is 11.8 Å². The predicted octanol–water partition coefficient (Wildman–Crippen LogP) is 0.0575. The molecule has 2 aromatic rings. The number of nitrogens with zero attached hydrogens (tertiary/aromatic N) is 3. The summed E-state index contributed by atoms with van der Waals surface area (Å²) in [7, 11) is 0. The van der Waals surface area contributed by atoms with Crippen molar-refractivity contribution in [2.45, 2.75) is 38.3 Å². The first-order valence-electron chi connectivity index (χ1n) is 8.30. The van der Waals surface area contributed by atoms with E-state index in [1.54, 1.807) is 24.2 Å². The van der Waals surface area contributed by atoms with Gasteiger partial charge in [-0.15, -0.1) is 0 Å². The van der Waals surface area contributed by atoms with Gasteiger partial charge in [0.15, 0.2) is 0 Å². The number of hydrogen-bond donors (Lipinski definition) is 2. The fraction of sp³-hybridized carbons (Fsp3) is 0.500. The molecule has 0 aliphatic carbocycles. The fourth-order valence-electron chi connectivity index (χ4n) is 3.86. The van der Waals surface area contributed by atoms with Crippen molar-refractivity contribution in [1.82, 2.24) is 25.2 Å². The maximum atomic E-state index is 12.8. The van der Waals surface area contributed by atoms with Crippen molar-refractivity contribution in [1.29, 1.82) is 0 Å². The Morgan fingerprint density at radius 1 is 1.32 bits per heavy atom. The number of piperazine rings is 1. The van der Waals surface area contributed by atoms with E-state index >= 15 is 0 Å².